The van der Waals surface area contributed by atoms with Crippen LogP contribution in [0, 0.1) is 0 Å². The molecule has 0 fully saturated rings. The first-order valence-corrected chi connectivity index (χ1v) is 3.75. The third-order valence-corrected chi connectivity index (χ3v) is 1.24. The molecule has 50 valence electrons. The quantitative estimate of drug-likeness (QED) is 0.435. The summed E-state index contributed by atoms with van der Waals surface area (Å²) >= 11 is 1.57. The van der Waals surface area contributed by atoms with Gasteiger partial charge in [0, 0.05) is 6.20 Å². The zero-order valence-electron chi connectivity index (χ0n) is 5.74. The highest BCUT2D eigenvalue weighted by Gasteiger charge is 1.65. The Hall–Kier alpha value is -0.500. The summed E-state index contributed by atoms with van der Waals surface area (Å²) < 4.78 is 0. The van der Waals surface area contributed by atoms with Crippen molar-refractivity contribution in [3.05, 3.63) is 23.8 Å². The number of nitrogens with zero attached hydrogens (tertiary/aromatic N) is 1. The average Bonchev–Trinajstić information content (AvgIpc) is 1.89. The summed E-state index contributed by atoms with van der Waals surface area (Å²) in [6, 6.07) is 0. The van der Waals surface area contributed by atoms with Gasteiger partial charge in [-0.15, -0.1) is 0 Å². The molecule has 2 heteroatoms. The summed E-state index contributed by atoms with van der Waals surface area (Å²) in [6.07, 6.45) is 5.63. The van der Waals surface area contributed by atoms with Crippen molar-refractivity contribution in [2.75, 3.05) is 0 Å². The fourth-order valence-corrected chi connectivity index (χ4v) is 0.638. The van der Waals surface area contributed by atoms with Gasteiger partial charge in [-0.2, -0.15) is 0 Å². The van der Waals surface area contributed by atoms with Crippen LogP contribution in [-0.2, 0) is 0 Å². The average molecular weight is 141 g/mol. The van der Waals surface area contributed by atoms with Crippen molar-refractivity contribution in [1.82, 2.24) is 0 Å². The highest BCUT2D eigenvalue weighted by molar-refractivity contribution is 8.14. The Labute approximate surface area is 60.6 Å². The van der Waals surface area contributed by atoms with Crippen molar-refractivity contribution in [3.63, 3.8) is 0 Å². The lowest BCUT2D eigenvalue weighted by molar-refractivity contribution is 1.56. The van der Waals surface area contributed by atoms with Gasteiger partial charge < -0.3 is 0 Å². The molecule has 9 heavy (non-hydrogen) atoms. The molecule has 0 saturated heterocycles. The summed E-state index contributed by atoms with van der Waals surface area (Å²) in [5.41, 5.74) is 1.79. The van der Waals surface area contributed by atoms with Gasteiger partial charge >= 0.3 is 0 Å². The fraction of sp³-hybridized carbons (Fsp3) is 0.286. The highest BCUT2D eigenvalue weighted by atomic mass is 32.2. The van der Waals surface area contributed by atoms with Gasteiger partial charge in [-0.05, 0) is 19.3 Å². The molecule has 0 aromatic heterocycles. The molecule has 0 heterocycles. The predicted molar refractivity (Wildman–Crippen MR) is 45.7 cm³/mol. The summed E-state index contributed by atoms with van der Waals surface area (Å²) in [4.78, 5) is 3.93. The third-order valence-electron chi connectivity index (χ3n) is 0.572. The van der Waals surface area contributed by atoms with E-state index in [0.717, 1.165) is 0 Å². The number of aliphatic imine (C=N–C) groups is 1. The Morgan fingerprint density at radius 2 is 2.00 bits per heavy atom. The van der Waals surface area contributed by atoms with Gasteiger partial charge in [0.15, 0.2) is 0 Å². The van der Waals surface area contributed by atoms with Crippen molar-refractivity contribution >= 4 is 17.3 Å². The number of allylic oxidation sites excluding steroid dienone is 2. The first-order valence-electron chi connectivity index (χ1n) is 2.81. The molecule has 0 aliphatic carbocycles. The second-order valence-electron chi connectivity index (χ2n) is 1.34. The molecule has 0 amide bonds. The van der Waals surface area contributed by atoms with E-state index in [9.17, 15) is 0 Å². The van der Waals surface area contributed by atoms with E-state index < -0.39 is 0 Å². The predicted octanol–water partition coefficient (Wildman–Crippen LogP) is 2.82. The van der Waals surface area contributed by atoms with Crippen LogP contribution in [0.25, 0.3) is 0 Å². The van der Waals surface area contributed by atoms with Crippen LogP contribution in [0.3, 0.4) is 0 Å². The van der Waals surface area contributed by atoms with E-state index in [1.807, 2.05) is 31.4 Å². The maximum Gasteiger partial charge on any atom is 0.0638 e. The second-order valence-corrected chi connectivity index (χ2v) is 2.10. The molecule has 0 aromatic rings. The van der Waals surface area contributed by atoms with Crippen LogP contribution in [-0.4, -0.2) is 5.55 Å². The highest BCUT2D eigenvalue weighted by Crippen LogP contribution is 1.95. The van der Waals surface area contributed by atoms with Gasteiger partial charge in [0.05, 0.1) is 5.55 Å². The minimum atomic E-state index is 1.57. The maximum atomic E-state index is 3.93. The number of rotatable bonds is 3. The Balaban J connectivity index is 3.25. The van der Waals surface area contributed by atoms with E-state index in [2.05, 4.69) is 4.99 Å². The van der Waals surface area contributed by atoms with Crippen LogP contribution in [0.2, 0.25) is 0 Å². The van der Waals surface area contributed by atoms with E-state index in [-0.39, 0.29) is 0 Å². The molecule has 0 spiro atoms. The van der Waals surface area contributed by atoms with Crippen molar-refractivity contribution in [2.24, 2.45) is 4.99 Å². The monoisotopic (exact) mass is 141 g/mol. The molecule has 0 radical (unpaired) electrons. The van der Waals surface area contributed by atoms with E-state index in [4.69, 9.17) is 0 Å². The maximum absolute atomic E-state index is 3.93. The van der Waals surface area contributed by atoms with Crippen molar-refractivity contribution < 1.29 is 0 Å². The zero-order chi connectivity index (χ0) is 6.95. The molecule has 0 aromatic carbocycles. The van der Waals surface area contributed by atoms with Crippen molar-refractivity contribution in [2.45, 2.75) is 13.8 Å². The first-order chi connectivity index (χ1) is 4.41. The fourth-order valence-electron chi connectivity index (χ4n) is 0.270. The van der Waals surface area contributed by atoms with Gasteiger partial charge in [-0.3, -0.25) is 4.99 Å². The zero-order valence-corrected chi connectivity index (χ0v) is 6.56. The smallest absolute Gasteiger partial charge is 0.0638 e. The Morgan fingerprint density at radius 3 is 2.56 bits per heavy atom. The van der Waals surface area contributed by atoms with Crippen molar-refractivity contribution in [1.29, 1.82) is 0 Å². The molecule has 0 atom stereocenters. The lowest BCUT2D eigenvalue weighted by Crippen LogP contribution is -1.54. The summed E-state index contributed by atoms with van der Waals surface area (Å²) in [5.74, 6) is 0. The number of hydrogen-bond donors (Lipinski definition) is 0. The molecule has 0 rings (SSSR count). The number of hydrogen-bond acceptors (Lipinski definition) is 2. The molecule has 0 aliphatic rings. The lowest BCUT2D eigenvalue weighted by Gasteiger charge is -1.75. The normalized spacial score (nSPS) is 12.7. The van der Waals surface area contributed by atoms with Crippen LogP contribution < -0.4 is 0 Å². The van der Waals surface area contributed by atoms with Gasteiger partial charge in [0.1, 0.15) is 0 Å². The van der Waals surface area contributed by atoms with E-state index >= 15 is 0 Å². The standard InChI is InChI=1S/C7H11NS/c1-3-5-8-7-9-6-4-2/h3-7H,1-2H3/b5-3-,6-4+,8-7?. The van der Waals surface area contributed by atoms with Crippen LogP contribution in [0.15, 0.2) is 28.8 Å². The van der Waals surface area contributed by atoms with Crippen LogP contribution >= 0.6 is 11.8 Å². The molecule has 0 saturated carbocycles. The van der Waals surface area contributed by atoms with Crippen molar-refractivity contribution in [3.8, 4) is 0 Å². The van der Waals surface area contributed by atoms with Crippen LogP contribution in [0.1, 0.15) is 13.8 Å². The summed E-state index contributed by atoms with van der Waals surface area (Å²) in [5, 5.41) is 1.98. The van der Waals surface area contributed by atoms with Crippen LogP contribution in [0.5, 0.6) is 0 Å². The summed E-state index contributed by atoms with van der Waals surface area (Å²) in [7, 11) is 0. The second kappa shape index (κ2) is 7.50. The van der Waals surface area contributed by atoms with E-state index in [1.54, 1.807) is 23.5 Å². The molecule has 0 N–H and O–H groups in total. The van der Waals surface area contributed by atoms with Gasteiger partial charge in [0.2, 0.25) is 0 Å². The first kappa shape index (κ1) is 8.50. The SMILES string of the molecule is C/C=C\N=CS/C=C/C. The Bertz CT molecular complexity index is 125. The molecule has 1 nitrogen and oxygen atoms in total. The Kier molecular flexibility index (Phi) is 7.08. The van der Waals surface area contributed by atoms with Crippen LogP contribution in [0.4, 0.5) is 0 Å². The summed E-state index contributed by atoms with van der Waals surface area (Å²) in [6.45, 7) is 3.92. The van der Waals surface area contributed by atoms with E-state index in [0.29, 0.717) is 0 Å². The minimum Gasteiger partial charge on any atom is -0.258 e. The van der Waals surface area contributed by atoms with Gasteiger partial charge in [-0.25, -0.2) is 0 Å². The molecule has 0 bridgehead atoms. The Morgan fingerprint density at radius 1 is 1.22 bits per heavy atom. The molecule has 0 unspecified atom stereocenters. The lowest BCUT2D eigenvalue weighted by atomic mass is 10.7. The molecular weight excluding hydrogens is 130 g/mol. The van der Waals surface area contributed by atoms with E-state index in [1.165, 1.54) is 0 Å². The molecule has 0 aliphatic heterocycles. The number of thioether (sulfide) groups is 1. The van der Waals surface area contributed by atoms with Gasteiger partial charge in [0.25, 0.3) is 0 Å². The minimum absolute atomic E-state index is 1.57. The topological polar surface area (TPSA) is 12.4 Å². The largest absolute Gasteiger partial charge is 0.258 e. The third kappa shape index (κ3) is 7.50. The molecular formula is C7H11NS. The van der Waals surface area contributed by atoms with Gasteiger partial charge in [-0.1, -0.05) is 23.9 Å².